The highest BCUT2D eigenvalue weighted by atomic mass is 32.2. The second-order valence-corrected chi connectivity index (χ2v) is 8.05. The summed E-state index contributed by atoms with van der Waals surface area (Å²) in [6.07, 6.45) is 2.58. The second-order valence-electron chi connectivity index (χ2n) is 5.90. The third kappa shape index (κ3) is 4.15. The van der Waals surface area contributed by atoms with E-state index in [1.165, 1.54) is 0 Å². The van der Waals surface area contributed by atoms with Crippen LogP contribution >= 0.6 is 0 Å². The molecule has 0 aromatic carbocycles. The number of nitrogens with one attached hydrogen (secondary N) is 1. The molecule has 0 amide bonds. The molecule has 2 fully saturated rings. The van der Waals surface area contributed by atoms with Gasteiger partial charge in [-0.25, -0.2) is 8.42 Å². The minimum atomic E-state index is -3.05. The summed E-state index contributed by atoms with van der Waals surface area (Å²) in [5, 5.41) is 13.4. The zero-order valence-electron chi connectivity index (χ0n) is 11.7. The van der Waals surface area contributed by atoms with Crippen LogP contribution < -0.4 is 5.32 Å². The second kappa shape index (κ2) is 6.52. The number of aliphatic hydroxyl groups excluding tert-OH is 1. The number of hydrogen-bond donors (Lipinski definition) is 2. The molecule has 0 saturated carbocycles. The van der Waals surface area contributed by atoms with Gasteiger partial charge in [-0.05, 0) is 44.8 Å². The number of hydrogen-bond acceptors (Lipinski definition) is 5. The summed E-state index contributed by atoms with van der Waals surface area (Å²) >= 11 is 0. The van der Waals surface area contributed by atoms with E-state index in [2.05, 4.69) is 17.1 Å². The lowest BCUT2D eigenvalue weighted by Gasteiger charge is -2.34. The lowest BCUT2D eigenvalue weighted by atomic mass is 9.96. The summed E-state index contributed by atoms with van der Waals surface area (Å²) in [7, 11) is -3.05. The average molecular weight is 290 g/mol. The van der Waals surface area contributed by atoms with Crippen LogP contribution in [0.15, 0.2) is 0 Å². The SMILES string of the molecule is CCCN(CC1CCNCC1)C1CS(=O)(=O)CC1O. The molecule has 2 saturated heterocycles. The van der Waals surface area contributed by atoms with E-state index < -0.39 is 15.9 Å². The molecule has 19 heavy (non-hydrogen) atoms. The van der Waals surface area contributed by atoms with E-state index in [0.29, 0.717) is 5.92 Å². The van der Waals surface area contributed by atoms with E-state index in [1.54, 1.807) is 0 Å². The van der Waals surface area contributed by atoms with Gasteiger partial charge in [0.05, 0.1) is 23.7 Å². The van der Waals surface area contributed by atoms with Crippen molar-refractivity contribution in [1.29, 1.82) is 0 Å². The summed E-state index contributed by atoms with van der Waals surface area (Å²) in [5.74, 6) is 0.687. The molecule has 2 aliphatic heterocycles. The van der Waals surface area contributed by atoms with Gasteiger partial charge in [-0.3, -0.25) is 4.90 Å². The zero-order valence-corrected chi connectivity index (χ0v) is 12.5. The van der Waals surface area contributed by atoms with E-state index in [-0.39, 0.29) is 17.5 Å². The Morgan fingerprint density at radius 1 is 1.26 bits per heavy atom. The molecular weight excluding hydrogens is 264 g/mol. The van der Waals surface area contributed by atoms with E-state index >= 15 is 0 Å². The molecule has 0 aromatic rings. The minimum Gasteiger partial charge on any atom is -0.390 e. The highest BCUT2D eigenvalue weighted by molar-refractivity contribution is 7.91. The van der Waals surface area contributed by atoms with Crippen LogP contribution in [0.2, 0.25) is 0 Å². The highest BCUT2D eigenvalue weighted by Gasteiger charge is 2.40. The monoisotopic (exact) mass is 290 g/mol. The predicted molar refractivity (Wildman–Crippen MR) is 75.9 cm³/mol. The molecular formula is C13H26N2O3S. The van der Waals surface area contributed by atoms with Crippen LogP contribution in [0.5, 0.6) is 0 Å². The van der Waals surface area contributed by atoms with Crippen LogP contribution in [-0.2, 0) is 9.84 Å². The van der Waals surface area contributed by atoms with Crippen LogP contribution in [0.4, 0.5) is 0 Å². The van der Waals surface area contributed by atoms with Crippen molar-refractivity contribution in [2.24, 2.45) is 5.92 Å². The van der Waals surface area contributed by atoms with Gasteiger partial charge >= 0.3 is 0 Å². The van der Waals surface area contributed by atoms with Gasteiger partial charge in [-0.15, -0.1) is 0 Å². The Balaban J connectivity index is 1.98. The zero-order chi connectivity index (χ0) is 13.9. The Morgan fingerprint density at radius 2 is 1.95 bits per heavy atom. The Morgan fingerprint density at radius 3 is 2.47 bits per heavy atom. The molecule has 2 aliphatic rings. The highest BCUT2D eigenvalue weighted by Crippen LogP contribution is 2.22. The molecule has 6 heteroatoms. The van der Waals surface area contributed by atoms with Crippen molar-refractivity contribution in [3.05, 3.63) is 0 Å². The molecule has 0 spiro atoms. The maximum atomic E-state index is 11.7. The van der Waals surface area contributed by atoms with Gasteiger partial charge in [0.2, 0.25) is 0 Å². The van der Waals surface area contributed by atoms with Crippen molar-refractivity contribution in [2.75, 3.05) is 37.7 Å². The number of piperidine rings is 1. The van der Waals surface area contributed by atoms with E-state index in [9.17, 15) is 13.5 Å². The fourth-order valence-corrected chi connectivity index (χ4v) is 5.07. The third-order valence-corrected chi connectivity index (χ3v) is 5.92. The molecule has 0 bridgehead atoms. The molecule has 2 heterocycles. The number of sulfone groups is 1. The lowest BCUT2D eigenvalue weighted by molar-refractivity contribution is 0.0680. The van der Waals surface area contributed by atoms with Gasteiger partial charge in [0.25, 0.3) is 0 Å². The van der Waals surface area contributed by atoms with Gasteiger partial charge in [-0.2, -0.15) is 0 Å². The summed E-state index contributed by atoms with van der Waals surface area (Å²) in [4.78, 5) is 2.21. The molecule has 2 N–H and O–H groups in total. The van der Waals surface area contributed by atoms with Crippen molar-refractivity contribution in [3.8, 4) is 0 Å². The van der Waals surface area contributed by atoms with E-state index in [4.69, 9.17) is 0 Å². The summed E-state index contributed by atoms with van der Waals surface area (Å²) in [6.45, 7) is 6.01. The number of aliphatic hydroxyl groups is 1. The van der Waals surface area contributed by atoms with Crippen molar-refractivity contribution in [2.45, 2.75) is 38.3 Å². The third-order valence-electron chi connectivity index (χ3n) is 4.22. The summed E-state index contributed by atoms with van der Waals surface area (Å²) in [5.41, 5.74) is 0. The summed E-state index contributed by atoms with van der Waals surface area (Å²) < 4.78 is 23.3. The largest absolute Gasteiger partial charge is 0.390 e. The van der Waals surface area contributed by atoms with E-state index in [1.807, 2.05) is 0 Å². The van der Waals surface area contributed by atoms with Crippen molar-refractivity contribution >= 4 is 9.84 Å². The summed E-state index contributed by atoms with van der Waals surface area (Å²) in [6, 6.07) is -0.195. The smallest absolute Gasteiger partial charge is 0.154 e. The molecule has 112 valence electrons. The average Bonchev–Trinajstić information content (AvgIpc) is 2.63. The Labute approximate surface area is 116 Å². The van der Waals surface area contributed by atoms with Crippen LogP contribution in [0.3, 0.4) is 0 Å². The Kier molecular flexibility index (Phi) is 5.22. The molecule has 5 nitrogen and oxygen atoms in total. The van der Waals surface area contributed by atoms with E-state index in [0.717, 1.165) is 45.4 Å². The standard InChI is InChI=1S/C13H26N2O3S/c1-2-7-15(8-11-3-5-14-6-4-11)12-9-19(17,18)10-13(12)16/h11-14,16H,2-10H2,1H3. The van der Waals surface area contributed by atoms with Crippen LogP contribution in [-0.4, -0.2) is 68.3 Å². The maximum absolute atomic E-state index is 11.7. The fraction of sp³-hybridized carbons (Fsp3) is 1.00. The van der Waals surface area contributed by atoms with Gasteiger partial charge in [0.1, 0.15) is 0 Å². The predicted octanol–water partition coefficient (Wildman–Crippen LogP) is -0.144. The van der Waals surface area contributed by atoms with Crippen LogP contribution in [0, 0.1) is 5.92 Å². The molecule has 0 aromatic heterocycles. The van der Waals surface area contributed by atoms with Gasteiger partial charge in [-0.1, -0.05) is 6.92 Å². The van der Waals surface area contributed by atoms with Crippen molar-refractivity contribution < 1.29 is 13.5 Å². The topological polar surface area (TPSA) is 69.6 Å². The van der Waals surface area contributed by atoms with Crippen LogP contribution in [0.25, 0.3) is 0 Å². The quantitative estimate of drug-likeness (QED) is 0.737. The van der Waals surface area contributed by atoms with Gasteiger partial charge in [0.15, 0.2) is 9.84 Å². The number of rotatable bonds is 5. The lowest BCUT2D eigenvalue weighted by Crippen LogP contribution is -2.47. The fourth-order valence-electron chi connectivity index (χ4n) is 3.23. The van der Waals surface area contributed by atoms with Gasteiger partial charge < -0.3 is 10.4 Å². The molecule has 0 aliphatic carbocycles. The van der Waals surface area contributed by atoms with Crippen molar-refractivity contribution in [3.63, 3.8) is 0 Å². The first-order chi connectivity index (χ1) is 9.02. The van der Waals surface area contributed by atoms with Crippen molar-refractivity contribution in [1.82, 2.24) is 10.2 Å². The van der Waals surface area contributed by atoms with Gasteiger partial charge in [0, 0.05) is 6.54 Å². The molecule has 2 unspecified atom stereocenters. The normalized spacial score (nSPS) is 31.9. The molecule has 0 radical (unpaired) electrons. The first-order valence-electron chi connectivity index (χ1n) is 7.35. The Bertz CT molecular complexity index is 379. The molecule has 2 atom stereocenters. The minimum absolute atomic E-state index is 0.0654. The van der Waals surface area contributed by atoms with Crippen LogP contribution in [0.1, 0.15) is 26.2 Å². The number of nitrogens with zero attached hydrogens (tertiary/aromatic N) is 1. The first-order valence-corrected chi connectivity index (χ1v) is 9.17. The first kappa shape index (κ1) is 15.2. The maximum Gasteiger partial charge on any atom is 0.154 e. The Hall–Kier alpha value is -0.170. The molecule has 2 rings (SSSR count).